The number of amides is 1. The van der Waals surface area contributed by atoms with Gasteiger partial charge >= 0.3 is 6.09 Å². The highest BCUT2D eigenvalue weighted by Crippen LogP contribution is 2.22. The summed E-state index contributed by atoms with van der Waals surface area (Å²) in [6, 6.07) is 2.24. The Balaban J connectivity index is 1.85. The molecule has 120 valence electrons. The molecule has 6 nitrogen and oxygen atoms in total. The SMILES string of the molecule is CC(C)(C)OC(=O)N1CC[C@H]1C(=O)CNc1ccc(F)cn1. The fourth-order valence-electron chi connectivity index (χ4n) is 2.04. The van der Waals surface area contributed by atoms with Crippen LogP contribution in [0.4, 0.5) is 15.0 Å². The van der Waals surface area contributed by atoms with Gasteiger partial charge in [-0.1, -0.05) is 0 Å². The number of ether oxygens (including phenoxy) is 1. The summed E-state index contributed by atoms with van der Waals surface area (Å²) in [5.74, 6) is -0.145. The van der Waals surface area contributed by atoms with E-state index in [1.807, 2.05) is 0 Å². The first-order valence-electron chi connectivity index (χ1n) is 7.14. The number of pyridine rings is 1. The molecule has 0 unspecified atom stereocenters. The molecule has 2 rings (SSSR count). The Kier molecular flexibility index (Phi) is 4.63. The van der Waals surface area contributed by atoms with Gasteiger partial charge in [-0.15, -0.1) is 0 Å². The lowest BCUT2D eigenvalue weighted by atomic mass is 9.99. The van der Waals surface area contributed by atoms with E-state index >= 15 is 0 Å². The van der Waals surface area contributed by atoms with Crippen molar-refractivity contribution in [1.82, 2.24) is 9.88 Å². The molecule has 0 bridgehead atoms. The minimum atomic E-state index is -0.587. The van der Waals surface area contributed by atoms with E-state index in [0.717, 1.165) is 6.20 Å². The Morgan fingerprint density at radius 3 is 2.68 bits per heavy atom. The molecule has 0 saturated carbocycles. The maximum atomic E-state index is 12.7. The average molecular weight is 309 g/mol. The molecule has 0 radical (unpaired) electrons. The second-order valence-electron chi connectivity index (χ2n) is 6.16. The van der Waals surface area contributed by atoms with E-state index < -0.39 is 23.6 Å². The molecule has 0 spiro atoms. The van der Waals surface area contributed by atoms with Gasteiger partial charge in [0, 0.05) is 6.54 Å². The van der Waals surface area contributed by atoms with Crippen LogP contribution in [0.1, 0.15) is 27.2 Å². The third kappa shape index (κ3) is 4.16. The standard InChI is InChI=1S/C15H20FN3O3/c1-15(2,3)22-14(21)19-7-6-11(19)12(20)9-18-13-5-4-10(16)8-17-13/h4-5,8,11H,6-7,9H2,1-3H3,(H,17,18)/t11-/m0/s1. The van der Waals surface area contributed by atoms with Gasteiger partial charge in [0.25, 0.3) is 0 Å². The monoisotopic (exact) mass is 309 g/mol. The van der Waals surface area contributed by atoms with E-state index in [4.69, 9.17) is 4.74 Å². The lowest BCUT2D eigenvalue weighted by Gasteiger charge is -2.40. The molecule has 22 heavy (non-hydrogen) atoms. The van der Waals surface area contributed by atoms with E-state index in [1.165, 1.54) is 17.0 Å². The molecule has 1 N–H and O–H groups in total. The predicted octanol–water partition coefficient (Wildman–Crippen LogP) is 2.21. The zero-order valence-corrected chi connectivity index (χ0v) is 12.9. The van der Waals surface area contributed by atoms with Crippen LogP contribution in [0.15, 0.2) is 18.3 Å². The topological polar surface area (TPSA) is 71.5 Å². The van der Waals surface area contributed by atoms with E-state index in [9.17, 15) is 14.0 Å². The smallest absolute Gasteiger partial charge is 0.410 e. The number of carbonyl (C=O) groups excluding carboxylic acids is 2. The molecule has 1 amide bonds. The highest BCUT2D eigenvalue weighted by Gasteiger charge is 2.39. The number of hydrogen-bond donors (Lipinski definition) is 1. The summed E-state index contributed by atoms with van der Waals surface area (Å²) in [5.41, 5.74) is -0.587. The van der Waals surface area contributed by atoms with Crippen LogP contribution in [0, 0.1) is 5.82 Å². The number of likely N-dealkylation sites (tertiary alicyclic amines) is 1. The van der Waals surface area contributed by atoms with Crippen molar-refractivity contribution in [2.45, 2.75) is 38.8 Å². The van der Waals surface area contributed by atoms with Crippen molar-refractivity contribution in [2.75, 3.05) is 18.4 Å². The van der Waals surface area contributed by atoms with Gasteiger partial charge in [-0.05, 0) is 39.3 Å². The van der Waals surface area contributed by atoms with E-state index in [1.54, 1.807) is 20.8 Å². The molecule has 2 heterocycles. The van der Waals surface area contributed by atoms with Crippen LogP contribution in [-0.4, -0.2) is 46.5 Å². The van der Waals surface area contributed by atoms with Crippen LogP contribution in [0.25, 0.3) is 0 Å². The molecular formula is C15H20FN3O3. The average Bonchev–Trinajstić information content (AvgIpc) is 2.34. The maximum absolute atomic E-state index is 12.7. The minimum Gasteiger partial charge on any atom is -0.444 e. The normalized spacial score (nSPS) is 17.6. The molecule has 7 heteroatoms. The van der Waals surface area contributed by atoms with E-state index in [-0.39, 0.29) is 12.3 Å². The number of hydrogen-bond acceptors (Lipinski definition) is 5. The summed E-state index contributed by atoms with van der Waals surface area (Å²) in [4.78, 5) is 29.3. The summed E-state index contributed by atoms with van der Waals surface area (Å²) in [7, 11) is 0. The van der Waals surface area contributed by atoms with Crippen molar-refractivity contribution in [3.05, 3.63) is 24.1 Å². The fraction of sp³-hybridized carbons (Fsp3) is 0.533. The van der Waals surface area contributed by atoms with Gasteiger partial charge in [-0.2, -0.15) is 0 Å². The Hall–Kier alpha value is -2.18. The maximum Gasteiger partial charge on any atom is 0.410 e. The third-order valence-corrected chi connectivity index (χ3v) is 3.19. The lowest BCUT2D eigenvalue weighted by molar-refractivity contribution is -0.126. The molecule has 0 aromatic carbocycles. The number of rotatable bonds is 4. The van der Waals surface area contributed by atoms with Crippen LogP contribution < -0.4 is 5.32 Å². The second-order valence-corrected chi connectivity index (χ2v) is 6.16. The predicted molar refractivity (Wildman–Crippen MR) is 79.0 cm³/mol. The Morgan fingerprint density at radius 1 is 1.45 bits per heavy atom. The number of nitrogens with one attached hydrogen (secondary N) is 1. The Morgan fingerprint density at radius 2 is 2.18 bits per heavy atom. The fourth-order valence-corrected chi connectivity index (χ4v) is 2.04. The third-order valence-electron chi connectivity index (χ3n) is 3.19. The molecule has 1 fully saturated rings. The summed E-state index contributed by atoms with van der Waals surface area (Å²) in [5, 5.41) is 2.82. The van der Waals surface area contributed by atoms with Gasteiger partial charge < -0.3 is 10.1 Å². The largest absolute Gasteiger partial charge is 0.444 e. The van der Waals surface area contributed by atoms with Gasteiger partial charge in [0.1, 0.15) is 17.2 Å². The molecule has 1 aromatic rings. The Bertz CT molecular complexity index is 554. The number of ketones is 1. The first-order valence-corrected chi connectivity index (χ1v) is 7.14. The number of aromatic nitrogens is 1. The van der Waals surface area contributed by atoms with Crippen molar-refractivity contribution in [1.29, 1.82) is 0 Å². The minimum absolute atomic E-state index is 0.0304. The van der Waals surface area contributed by atoms with Crippen molar-refractivity contribution in [3.8, 4) is 0 Å². The molecular weight excluding hydrogens is 289 g/mol. The first-order chi connectivity index (χ1) is 10.3. The number of nitrogens with zero attached hydrogens (tertiary/aromatic N) is 2. The van der Waals surface area contributed by atoms with Crippen molar-refractivity contribution in [2.24, 2.45) is 0 Å². The molecule has 1 aliphatic rings. The molecule has 1 aromatic heterocycles. The Labute approximate surface area is 128 Å². The highest BCUT2D eigenvalue weighted by atomic mass is 19.1. The number of Topliss-reactive ketones (excluding diaryl/α,β-unsaturated/α-hetero) is 1. The number of halogens is 1. The molecule has 1 saturated heterocycles. The van der Waals surface area contributed by atoms with Gasteiger partial charge in [-0.25, -0.2) is 14.2 Å². The summed E-state index contributed by atoms with van der Waals surface area (Å²) >= 11 is 0. The lowest BCUT2D eigenvalue weighted by Crippen LogP contribution is -2.57. The van der Waals surface area contributed by atoms with Gasteiger partial charge in [0.15, 0.2) is 5.78 Å². The number of anilines is 1. The van der Waals surface area contributed by atoms with Crippen LogP contribution >= 0.6 is 0 Å². The zero-order chi connectivity index (χ0) is 16.3. The second kappa shape index (κ2) is 6.29. The quantitative estimate of drug-likeness (QED) is 0.923. The van der Waals surface area contributed by atoms with Crippen LogP contribution in [-0.2, 0) is 9.53 Å². The van der Waals surface area contributed by atoms with Gasteiger partial charge in [-0.3, -0.25) is 9.69 Å². The van der Waals surface area contributed by atoms with Gasteiger partial charge in [0.05, 0.1) is 18.8 Å². The van der Waals surface area contributed by atoms with Gasteiger partial charge in [0.2, 0.25) is 0 Å². The summed E-state index contributed by atoms with van der Waals surface area (Å²) < 4.78 is 18.0. The summed E-state index contributed by atoms with van der Waals surface area (Å²) in [6.45, 7) is 5.89. The highest BCUT2D eigenvalue weighted by molar-refractivity contribution is 5.91. The van der Waals surface area contributed by atoms with Crippen LogP contribution in [0.3, 0.4) is 0 Å². The first kappa shape index (κ1) is 16.2. The van der Waals surface area contributed by atoms with E-state index in [2.05, 4.69) is 10.3 Å². The zero-order valence-electron chi connectivity index (χ0n) is 12.9. The van der Waals surface area contributed by atoms with Crippen molar-refractivity contribution >= 4 is 17.7 Å². The van der Waals surface area contributed by atoms with Crippen LogP contribution in [0.2, 0.25) is 0 Å². The van der Waals surface area contributed by atoms with E-state index in [0.29, 0.717) is 18.8 Å². The molecule has 0 aliphatic carbocycles. The van der Waals surface area contributed by atoms with Crippen LogP contribution in [0.5, 0.6) is 0 Å². The van der Waals surface area contributed by atoms with Crippen molar-refractivity contribution < 1.29 is 18.7 Å². The number of carbonyl (C=O) groups is 2. The summed E-state index contributed by atoms with van der Waals surface area (Å²) in [6.07, 6.45) is 1.22. The molecule has 1 aliphatic heterocycles. The molecule has 1 atom stereocenters. The van der Waals surface area contributed by atoms with Crippen molar-refractivity contribution in [3.63, 3.8) is 0 Å².